The molecule has 0 aliphatic carbocycles. The van der Waals surface area contributed by atoms with Crippen LogP contribution in [0.3, 0.4) is 0 Å². The number of carbonyl (C=O) groups excluding carboxylic acids is 1. The Morgan fingerprint density at radius 1 is 1.17 bits per heavy atom. The predicted molar refractivity (Wildman–Crippen MR) is 64.1 cm³/mol. The first-order valence-electron chi connectivity index (χ1n) is 6.04. The summed E-state index contributed by atoms with van der Waals surface area (Å²) in [4.78, 5) is 14.5. The van der Waals surface area contributed by atoms with Crippen molar-refractivity contribution in [1.29, 1.82) is 0 Å². The highest BCUT2D eigenvalue weighted by Crippen LogP contribution is 2.11. The standard InChI is InChI=1S/C13H16F2N2O/c14-12-2-1-11(13(15)9-12)3-4-16-5-7-17(10-18)8-6-16/h1-2,9-10H,3-8H2. The van der Waals surface area contributed by atoms with Gasteiger partial charge in [-0.1, -0.05) is 6.07 Å². The van der Waals surface area contributed by atoms with Crippen molar-refractivity contribution >= 4 is 6.41 Å². The zero-order valence-electron chi connectivity index (χ0n) is 10.1. The van der Waals surface area contributed by atoms with Crippen LogP contribution in [-0.4, -0.2) is 48.9 Å². The third kappa shape index (κ3) is 3.26. The molecule has 1 heterocycles. The lowest BCUT2D eigenvalue weighted by Gasteiger charge is -2.32. The molecule has 0 bridgehead atoms. The highest BCUT2D eigenvalue weighted by Gasteiger charge is 2.15. The number of carbonyl (C=O) groups is 1. The summed E-state index contributed by atoms with van der Waals surface area (Å²) in [5.74, 6) is -1.03. The molecule has 18 heavy (non-hydrogen) atoms. The summed E-state index contributed by atoms with van der Waals surface area (Å²) in [6.45, 7) is 3.78. The zero-order chi connectivity index (χ0) is 13.0. The van der Waals surface area contributed by atoms with E-state index in [2.05, 4.69) is 4.90 Å². The summed E-state index contributed by atoms with van der Waals surface area (Å²) < 4.78 is 26.1. The lowest BCUT2D eigenvalue weighted by Crippen LogP contribution is -2.46. The van der Waals surface area contributed by atoms with Crippen LogP contribution in [0.15, 0.2) is 18.2 Å². The van der Waals surface area contributed by atoms with Crippen LogP contribution in [0.4, 0.5) is 8.78 Å². The molecule has 1 aromatic rings. The molecule has 1 fully saturated rings. The van der Waals surface area contributed by atoms with E-state index in [9.17, 15) is 13.6 Å². The zero-order valence-corrected chi connectivity index (χ0v) is 10.1. The first-order valence-corrected chi connectivity index (χ1v) is 6.04. The minimum absolute atomic E-state index is 0.485. The Kier molecular flexibility index (Phi) is 4.25. The fourth-order valence-electron chi connectivity index (χ4n) is 2.10. The van der Waals surface area contributed by atoms with E-state index < -0.39 is 11.6 Å². The minimum Gasteiger partial charge on any atom is -0.343 e. The first kappa shape index (κ1) is 13.0. The highest BCUT2D eigenvalue weighted by molar-refractivity contribution is 5.47. The van der Waals surface area contributed by atoms with Crippen molar-refractivity contribution < 1.29 is 13.6 Å². The Balaban J connectivity index is 1.83. The van der Waals surface area contributed by atoms with Gasteiger partial charge in [0.2, 0.25) is 6.41 Å². The van der Waals surface area contributed by atoms with Gasteiger partial charge in [0.1, 0.15) is 11.6 Å². The van der Waals surface area contributed by atoms with Gasteiger partial charge < -0.3 is 4.90 Å². The number of nitrogens with zero attached hydrogens (tertiary/aromatic N) is 2. The van der Waals surface area contributed by atoms with E-state index in [0.717, 1.165) is 45.2 Å². The van der Waals surface area contributed by atoms with Crippen molar-refractivity contribution in [1.82, 2.24) is 9.80 Å². The van der Waals surface area contributed by atoms with Crippen LogP contribution in [0.2, 0.25) is 0 Å². The third-order valence-electron chi connectivity index (χ3n) is 3.27. The van der Waals surface area contributed by atoms with Crippen molar-refractivity contribution in [2.75, 3.05) is 32.7 Å². The Morgan fingerprint density at radius 3 is 2.50 bits per heavy atom. The van der Waals surface area contributed by atoms with Crippen LogP contribution in [0.5, 0.6) is 0 Å². The van der Waals surface area contributed by atoms with Gasteiger partial charge in [0, 0.05) is 38.8 Å². The highest BCUT2D eigenvalue weighted by atomic mass is 19.1. The summed E-state index contributed by atoms with van der Waals surface area (Å²) in [6.07, 6.45) is 1.42. The number of benzene rings is 1. The van der Waals surface area contributed by atoms with E-state index in [1.165, 1.54) is 12.1 Å². The van der Waals surface area contributed by atoms with Gasteiger partial charge in [-0.2, -0.15) is 0 Å². The molecular weight excluding hydrogens is 238 g/mol. The molecular formula is C13H16F2N2O. The number of rotatable bonds is 4. The van der Waals surface area contributed by atoms with Crippen molar-refractivity contribution in [3.8, 4) is 0 Å². The van der Waals surface area contributed by atoms with Gasteiger partial charge in [0.25, 0.3) is 0 Å². The fraction of sp³-hybridized carbons (Fsp3) is 0.462. The molecule has 0 spiro atoms. The number of hydrogen-bond acceptors (Lipinski definition) is 2. The molecule has 98 valence electrons. The number of amides is 1. The second-order valence-electron chi connectivity index (χ2n) is 4.47. The van der Waals surface area contributed by atoms with E-state index in [4.69, 9.17) is 0 Å². The summed E-state index contributed by atoms with van der Waals surface area (Å²) in [5, 5.41) is 0. The van der Waals surface area contributed by atoms with Gasteiger partial charge in [-0.3, -0.25) is 9.69 Å². The molecule has 0 saturated carbocycles. The average molecular weight is 254 g/mol. The van der Waals surface area contributed by atoms with E-state index >= 15 is 0 Å². The summed E-state index contributed by atoms with van der Waals surface area (Å²) >= 11 is 0. The van der Waals surface area contributed by atoms with Crippen molar-refractivity contribution in [3.05, 3.63) is 35.4 Å². The van der Waals surface area contributed by atoms with Crippen molar-refractivity contribution in [2.45, 2.75) is 6.42 Å². The smallest absolute Gasteiger partial charge is 0.209 e. The summed E-state index contributed by atoms with van der Waals surface area (Å²) in [7, 11) is 0. The number of halogens is 2. The van der Waals surface area contributed by atoms with E-state index in [0.29, 0.717) is 12.0 Å². The van der Waals surface area contributed by atoms with Gasteiger partial charge >= 0.3 is 0 Å². The quantitative estimate of drug-likeness (QED) is 0.756. The maximum Gasteiger partial charge on any atom is 0.209 e. The van der Waals surface area contributed by atoms with Gasteiger partial charge in [-0.05, 0) is 18.1 Å². The number of piperazine rings is 1. The maximum absolute atomic E-state index is 13.4. The lowest BCUT2D eigenvalue weighted by molar-refractivity contribution is -0.119. The molecule has 1 amide bonds. The monoisotopic (exact) mass is 254 g/mol. The Morgan fingerprint density at radius 2 is 1.89 bits per heavy atom. The molecule has 0 unspecified atom stereocenters. The molecule has 1 aliphatic rings. The average Bonchev–Trinajstić information content (AvgIpc) is 2.38. The first-order chi connectivity index (χ1) is 8.69. The van der Waals surface area contributed by atoms with Crippen molar-refractivity contribution in [2.24, 2.45) is 0 Å². The van der Waals surface area contributed by atoms with Gasteiger partial charge in [0.05, 0.1) is 0 Å². The summed E-state index contributed by atoms with van der Waals surface area (Å²) in [6, 6.07) is 3.69. The van der Waals surface area contributed by atoms with E-state index in [1.54, 1.807) is 4.90 Å². The Labute approximate surface area is 105 Å². The molecule has 3 nitrogen and oxygen atoms in total. The second kappa shape index (κ2) is 5.91. The molecule has 1 saturated heterocycles. The van der Waals surface area contributed by atoms with Crippen LogP contribution in [-0.2, 0) is 11.2 Å². The largest absolute Gasteiger partial charge is 0.343 e. The third-order valence-corrected chi connectivity index (χ3v) is 3.27. The van der Waals surface area contributed by atoms with Gasteiger partial charge in [-0.25, -0.2) is 8.78 Å². The molecule has 5 heteroatoms. The number of hydrogen-bond donors (Lipinski definition) is 0. The summed E-state index contributed by atoms with van der Waals surface area (Å²) in [5.41, 5.74) is 0.536. The molecule has 1 aromatic carbocycles. The van der Waals surface area contributed by atoms with Crippen LogP contribution in [0.1, 0.15) is 5.56 Å². The van der Waals surface area contributed by atoms with Crippen molar-refractivity contribution in [3.63, 3.8) is 0 Å². The second-order valence-corrected chi connectivity index (χ2v) is 4.47. The molecule has 0 radical (unpaired) electrons. The molecule has 0 atom stereocenters. The molecule has 0 N–H and O–H groups in total. The van der Waals surface area contributed by atoms with Crippen LogP contribution in [0, 0.1) is 11.6 Å². The van der Waals surface area contributed by atoms with Crippen LogP contribution in [0.25, 0.3) is 0 Å². The molecule has 1 aliphatic heterocycles. The normalized spacial score (nSPS) is 16.9. The Bertz CT molecular complexity index is 417. The predicted octanol–water partition coefficient (Wildman–Crippen LogP) is 1.28. The maximum atomic E-state index is 13.4. The minimum atomic E-state index is -0.546. The van der Waals surface area contributed by atoms with Crippen LogP contribution >= 0.6 is 0 Å². The van der Waals surface area contributed by atoms with Gasteiger partial charge in [-0.15, -0.1) is 0 Å². The molecule has 2 rings (SSSR count). The fourth-order valence-corrected chi connectivity index (χ4v) is 2.10. The topological polar surface area (TPSA) is 23.6 Å². The van der Waals surface area contributed by atoms with E-state index in [-0.39, 0.29) is 0 Å². The van der Waals surface area contributed by atoms with E-state index in [1.807, 2.05) is 0 Å². The lowest BCUT2D eigenvalue weighted by atomic mass is 10.1. The molecule has 0 aromatic heterocycles. The SMILES string of the molecule is O=CN1CCN(CCc2ccc(F)cc2F)CC1. The van der Waals surface area contributed by atoms with Crippen LogP contribution < -0.4 is 0 Å². The Hall–Kier alpha value is -1.49. The van der Waals surface area contributed by atoms with Gasteiger partial charge in [0.15, 0.2) is 0 Å².